The predicted molar refractivity (Wildman–Crippen MR) is 151 cm³/mol. The number of rotatable bonds is 17. The van der Waals surface area contributed by atoms with Crippen molar-refractivity contribution < 1.29 is 43.3 Å². The van der Waals surface area contributed by atoms with E-state index >= 15 is 0 Å². The number of carbonyl (C=O) groups excluding carboxylic acids is 3. The molecule has 0 bridgehead atoms. The van der Waals surface area contributed by atoms with Gasteiger partial charge in [-0.15, -0.1) is 5.06 Å². The van der Waals surface area contributed by atoms with E-state index < -0.39 is 23.4 Å². The zero-order valence-electron chi connectivity index (χ0n) is 23.3. The van der Waals surface area contributed by atoms with Crippen molar-refractivity contribution in [1.82, 2.24) is 5.06 Å². The van der Waals surface area contributed by atoms with Crippen molar-refractivity contribution in [2.75, 3.05) is 52.9 Å². The van der Waals surface area contributed by atoms with Crippen LogP contribution in [0.5, 0.6) is 0 Å². The van der Waals surface area contributed by atoms with Gasteiger partial charge in [0.05, 0.1) is 58.4 Å². The van der Waals surface area contributed by atoms with Crippen LogP contribution in [0.15, 0.2) is 84.9 Å². The number of imide groups is 1. The Morgan fingerprint density at radius 2 is 1.10 bits per heavy atom. The Morgan fingerprint density at radius 1 is 0.643 bits per heavy atom. The number of ether oxygens (including phenoxy) is 4. The number of aliphatic hydroxyl groups is 1. The first-order valence-corrected chi connectivity index (χ1v) is 13.8. The zero-order chi connectivity index (χ0) is 29.6. The molecule has 42 heavy (non-hydrogen) atoms. The number of hydrogen-bond donors (Lipinski definition) is 1. The lowest BCUT2D eigenvalue weighted by Crippen LogP contribution is -2.34. The summed E-state index contributed by atoms with van der Waals surface area (Å²) in [6.45, 7) is 2.44. The monoisotopic (exact) mass is 577 g/mol. The Bertz CT molecular complexity index is 1230. The van der Waals surface area contributed by atoms with Crippen molar-refractivity contribution in [2.45, 2.75) is 18.4 Å². The summed E-state index contributed by atoms with van der Waals surface area (Å²) in [4.78, 5) is 41.6. The largest absolute Gasteiger partial charge is 0.394 e. The topological polar surface area (TPSA) is 121 Å². The Hall–Kier alpha value is -3.93. The van der Waals surface area contributed by atoms with E-state index in [1.807, 2.05) is 60.7 Å². The van der Waals surface area contributed by atoms with Gasteiger partial charge in [-0.3, -0.25) is 9.59 Å². The highest BCUT2D eigenvalue weighted by atomic mass is 16.7. The lowest BCUT2D eigenvalue weighted by molar-refractivity contribution is -0.172. The minimum atomic E-state index is -1.03. The average molecular weight is 578 g/mol. The molecule has 1 aliphatic rings. The fourth-order valence-electron chi connectivity index (χ4n) is 4.59. The maximum absolute atomic E-state index is 12.7. The SMILES string of the molecule is O=C(ON1C(=O)CCC1=O)c1ccc(C(OCCOCCOCCOCCO)(c2ccccc2)c2ccccc2)cc1. The van der Waals surface area contributed by atoms with Crippen LogP contribution in [-0.2, 0) is 39.0 Å². The van der Waals surface area contributed by atoms with Crippen molar-refractivity contribution in [3.8, 4) is 0 Å². The minimum absolute atomic E-state index is 0.0175. The van der Waals surface area contributed by atoms with Crippen LogP contribution in [0.1, 0.15) is 39.9 Å². The third-order valence-electron chi connectivity index (χ3n) is 6.59. The summed E-state index contributed by atoms with van der Waals surface area (Å²) in [6, 6.07) is 26.2. The van der Waals surface area contributed by atoms with Gasteiger partial charge in [0.1, 0.15) is 5.60 Å². The third-order valence-corrected chi connectivity index (χ3v) is 6.59. The van der Waals surface area contributed by atoms with Crippen LogP contribution >= 0.6 is 0 Å². The van der Waals surface area contributed by atoms with E-state index in [4.69, 9.17) is 28.9 Å². The van der Waals surface area contributed by atoms with Gasteiger partial charge in [0, 0.05) is 12.8 Å². The van der Waals surface area contributed by atoms with Gasteiger partial charge >= 0.3 is 5.97 Å². The molecule has 1 fully saturated rings. The number of nitrogens with zero attached hydrogens (tertiary/aromatic N) is 1. The molecule has 3 aromatic rings. The van der Waals surface area contributed by atoms with Gasteiger partial charge in [0.2, 0.25) is 0 Å². The average Bonchev–Trinajstić information content (AvgIpc) is 3.35. The summed E-state index contributed by atoms with van der Waals surface area (Å²) in [6.07, 6.45) is 0.0480. The molecule has 0 aliphatic carbocycles. The molecule has 10 nitrogen and oxygen atoms in total. The predicted octanol–water partition coefficient (Wildman–Crippen LogP) is 3.26. The first kappa shape index (κ1) is 31.0. The van der Waals surface area contributed by atoms with Gasteiger partial charge in [-0.2, -0.15) is 0 Å². The lowest BCUT2D eigenvalue weighted by atomic mass is 9.80. The molecule has 0 aromatic heterocycles. The molecule has 222 valence electrons. The molecule has 1 heterocycles. The smallest absolute Gasteiger partial charge is 0.363 e. The quantitative estimate of drug-likeness (QED) is 0.146. The summed E-state index contributed by atoms with van der Waals surface area (Å²) >= 11 is 0. The minimum Gasteiger partial charge on any atom is -0.394 e. The molecule has 1 saturated heterocycles. The molecule has 0 atom stereocenters. The summed E-state index contributed by atoms with van der Waals surface area (Å²) in [5.41, 5.74) is 1.68. The maximum atomic E-state index is 12.7. The van der Waals surface area contributed by atoms with Gasteiger partial charge in [0.25, 0.3) is 11.8 Å². The standard InChI is InChI=1S/C32H35NO9/c34-17-18-38-19-20-39-21-22-40-23-24-41-32(26-7-3-1-4-8-26,27-9-5-2-6-10-27)28-13-11-25(12-14-28)31(37)42-33-29(35)15-16-30(33)36/h1-14,34H,15-24H2. The normalized spacial score (nSPS) is 13.5. The number of hydroxylamine groups is 2. The van der Waals surface area contributed by atoms with Crippen LogP contribution in [-0.4, -0.2) is 80.8 Å². The molecular formula is C32H35NO9. The lowest BCUT2D eigenvalue weighted by Gasteiger charge is -2.36. The molecular weight excluding hydrogens is 542 g/mol. The van der Waals surface area contributed by atoms with Crippen molar-refractivity contribution in [1.29, 1.82) is 0 Å². The maximum Gasteiger partial charge on any atom is 0.363 e. The number of aliphatic hydroxyl groups excluding tert-OH is 1. The molecule has 4 rings (SSSR count). The molecule has 10 heteroatoms. The summed E-state index contributed by atoms with van der Waals surface area (Å²) in [5, 5.41) is 9.26. The fourth-order valence-corrected chi connectivity index (χ4v) is 4.59. The highest BCUT2D eigenvalue weighted by Crippen LogP contribution is 2.40. The second kappa shape index (κ2) is 15.9. The molecule has 0 unspecified atom stereocenters. The molecule has 2 amide bonds. The second-order valence-electron chi connectivity index (χ2n) is 9.36. The molecule has 0 saturated carbocycles. The van der Waals surface area contributed by atoms with Crippen LogP contribution in [0.4, 0.5) is 0 Å². The number of carbonyl (C=O) groups is 3. The number of benzene rings is 3. The van der Waals surface area contributed by atoms with Gasteiger partial charge in [0.15, 0.2) is 0 Å². The first-order chi connectivity index (χ1) is 20.6. The van der Waals surface area contributed by atoms with E-state index in [2.05, 4.69) is 0 Å². The van der Waals surface area contributed by atoms with Gasteiger partial charge in [-0.05, 0) is 28.8 Å². The highest BCUT2D eigenvalue weighted by Gasteiger charge is 2.38. The van der Waals surface area contributed by atoms with E-state index in [-0.39, 0.29) is 38.2 Å². The Kier molecular flexibility index (Phi) is 11.7. The van der Waals surface area contributed by atoms with E-state index in [0.717, 1.165) is 16.7 Å². The van der Waals surface area contributed by atoms with Crippen LogP contribution < -0.4 is 0 Å². The summed E-state index contributed by atoms with van der Waals surface area (Å²) in [5.74, 6) is -1.87. The molecule has 0 spiro atoms. The van der Waals surface area contributed by atoms with Gasteiger partial charge < -0.3 is 28.9 Å². The van der Waals surface area contributed by atoms with Gasteiger partial charge in [-0.1, -0.05) is 72.8 Å². The van der Waals surface area contributed by atoms with E-state index in [1.54, 1.807) is 24.3 Å². The number of hydrogen-bond acceptors (Lipinski definition) is 9. The van der Waals surface area contributed by atoms with Crippen molar-refractivity contribution >= 4 is 17.8 Å². The van der Waals surface area contributed by atoms with Crippen LogP contribution in [0.3, 0.4) is 0 Å². The molecule has 3 aromatic carbocycles. The summed E-state index contributed by atoms with van der Waals surface area (Å²) in [7, 11) is 0. The fraction of sp³-hybridized carbons (Fsp3) is 0.344. The zero-order valence-corrected chi connectivity index (χ0v) is 23.3. The van der Waals surface area contributed by atoms with Crippen LogP contribution in [0.2, 0.25) is 0 Å². The van der Waals surface area contributed by atoms with Crippen LogP contribution in [0, 0.1) is 0 Å². The van der Waals surface area contributed by atoms with E-state index in [1.165, 1.54) is 0 Å². The summed E-state index contributed by atoms with van der Waals surface area (Å²) < 4.78 is 23.0. The third kappa shape index (κ3) is 7.87. The van der Waals surface area contributed by atoms with E-state index in [9.17, 15) is 14.4 Å². The van der Waals surface area contributed by atoms with Crippen molar-refractivity contribution in [2.24, 2.45) is 0 Å². The number of amides is 2. The molecule has 0 radical (unpaired) electrons. The van der Waals surface area contributed by atoms with Crippen molar-refractivity contribution in [3.63, 3.8) is 0 Å². The molecule has 1 aliphatic heterocycles. The Labute approximate surface area is 244 Å². The van der Waals surface area contributed by atoms with Crippen molar-refractivity contribution in [3.05, 3.63) is 107 Å². The Balaban J connectivity index is 1.49. The second-order valence-corrected chi connectivity index (χ2v) is 9.36. The first-order valence-electron chi connectivity index (χ1n) is 13.8. The Morgan fingerprint density at radius 3 is 1.60 bits per heavy atom. The van der Waals surface area contributed by atoms with Gasteiger partial charge in [-0.25, -0.2) is 4.79 Å². The van der Waals surface area contributed by atoms with E-state index in [0.29, 0.717) is 38.1 Å². The van der Waals surface area contributed by atoms with Crippen LogP contribution in [0.25, 0.3) is 0 Å². The molecule has 1 N–H and O–H groups in total. The highest BCUT2D eigenvalue weighted by molar-refractivity contribution is 6.02.